The molecule has 3 rings (SSSR count). The van der Waals surface area contributed by atoms with Gasteiger partial charge in [0.2, 0.25) is 5.95 Å². The van der Waals surface area contributed by atoms with Crippen molar-refractivity contribution in [1.82, 2.24) is 9.97 Å². The monoisotopic (exact) mass is 313 g/mol. The van der Waals surface area contributed by atoms with E-state index in [4.69, 9.17) is 14.5 Å². The second kappa shape index (κ2) is 7.06. The molecule has 0 N–H and O–H groups in total. The summed E-state index contributed by atoms with van der Waals surface area (Å²) in [5.41, 5.74) is 4.19. The lowest BCUT2D eigenvalue weighted by Gasteiger charge is -2.27. The van der Waals surface area contributed by atoms with E-state index in [1.54, 1.807) is 7.11 Å². The van der Waals surface area contributed by atoms with Gasteiger partial charge in [-0.15, -0.1) is 0 Å². The quantitative estimate of drug-likeness (QED) is 0.868. The fourth-order valence-electron chi connectivity index (χ4n) is 2.67. The Kier molecular flexibility index (Phi) is 4.88. The molecule has 0 bridgehead atoms. The van der Waals surface area contributed by atoms with Gasteiger partial charge in [0.25, 0.3) is 0 Å². The third kappa shape index (κ3) is 3.68. The molecule has 5 nitrogen and oxygen atoms in total. The van der Waals surface area contributed by atoms with Crippen molar-refractivity contribution in [2.45, 2.75) is 20.0 Å². The van der Waals surface area contributed by atoms with E-state index in [0.717, 1.165) is 54.8 Å². The van der Waals surface area contributed by atoms with Crippen LogP contribution < -0.4 is 4.90 Å². The van der Waals surface area contributed by atoms with Crippen LogP contribution >= 0.6 is 0 Å². The number of benzene rings is 1. The number of morpholine rings is 1. The highest BCUT2D eigenvalue weighted by Gasteiger charge is 2.15. The molecule has 2 heterocycles. The number of nitrogens with zero attached hydrogens (tertiary/aromatic N) is 3. The summed E-state index contributed by atoms with van der Waals surface area (Å²) in [5.74, 6) is 0.789. The van der Waals surface area contributed by atoms with E-state index in [2.05, 4.69) is 34.1 Å². The zero-order chi connectivity index (χ0) is 16.2. The van der Waals surface area contributed by atoms with Crippen molar-refractivity contribution in [2.75, 3.05) is 38.3 Å². The van der Waals surface area contributed by atoms with Gasteiger partial charge in [-0.25, -0.2) is 9.97 Å². The van der Waals surface area contributed by atoms with Crippen LogP contribution in [0.15, 0.2) is 30.3 Å². The molecule has 0 unspecified atom stereocenters. The molecule has 0 radical (unpaired) electrons. The summed E-state index contributed by atoms with van der Waals surface area (Å²) in [6.07, 6.45) is 0.0973. The normalized spacial score (nSPS) is 16.4. The molecular formula is C18H23N3O2. The van der Waals surface area contributed by atoms with Crippen molar-refractivity contribution in [3.05, 3.63) is 41.6 Å². The van der Waals surface area contributed by atoms with E-state index in [-0.39, 0.29) is 6.10 Å². The van der Waals surface area contributed by atoms with E-state index in [9.17, 15) is 0 Å². The third-order valence-corrected chi connectivity index (χ3v) is 4.17. The summed E-state index contributed by atoms with van der Waals surface area (Å²) in [5, 5.41) is 0. The van der Waals surface area contributed by atoms with Gasteiger partial charge in [-0.1, -0.05) is 24.3 Å². The number of rotatable bonds is 4. The molecule has 0 aliphatic carbocycles. The SMILES string of the molecule is CO[C@H](C)c1ccc(-c2cc(C)nc(N3CCOCC3)n2)cc1. The Labute approximate surface area is 137 Å². The summed E-state index contributed by atoms with van der Waals surface area (Å²) in [4.78, 5) is 11.5. The smallest absolute Gasteiger partial charge is 0.226 e. The molecule has 1 aliphatic heterocycles. The predicted molar refractivity (Wildman–Crippen MR) is 90.7 cm³/mol. The molecule has 1 aliphatic rings. The number of methoxy groups -OCH3 is 1. The molecule has 1 saturated heterocycles. The number of aryl methyl sites for hydroxylation is 1. The summed E-state index contributed by atoms with van der Waals surface area (Å²) in [6.45, 7) is 7.20. The first-order chi connectivity index (χ1) is 11.2. The highest BCUT2D eigenvalue weighted by Crippen LogP contribution is 2.24. The van der Waals surface area contributed by atoms with Gasteiger partial charge >= 0.3 is 0 Å². The van der Waals surface area contributed by atoms with Crippen LogP contribution in [0.4, 0.5) is 5.95 Å². The Balaban J connectivity index is 1.88. The molecule has 0 amide bonds. The van der Waals surface area contributed by atoms with Gasteiger partial charge in [-0.2, -0.15) is 0 Å². The first kappa shape index (κ1) is 15.9. The molecule has 1 fully saturated rings. The first-order valence-electron chi connectivity index (χ1n) is 7.99. The molecule has 122 valence electrons. The molecule has 0 saturated carbocycles. The largest absolute Gasteiger partial charge is 0.378 e. The minimum absolute atomic E-state index is 0.0973. The lowest BCUT2D eigenvalue weighted by atomic mass is 10.1. The van der Waals surface area contributed by atoms with Gasteiger partial charge in [0, 0.05) is 31.5 Å². The summed E-state index contributed by atoms with van der Waals surface area (Å²) >= 11 is 0. The van der Waals surface area contributed by atoms with Crippen LogP contribution in [-0.2, 0) is 9.47 Å². The Morgan fingerprint density at radius 1 is 1.13 bits per heavy atom. The summed E-state index contributed by atoms with van der Waals surface area (Å²) in [7, 11) is 1.72. The zero-order valence-corrected chi connectivity index (χ0v) is 14.0. The maximum atomic E-state index is 5.40. The van der Waals surface area contributed by atoms with Gasteiger partial charge < -0.3 is 14.4 Å². The second-order valence-electron chi connectivity index (χ2n) is 5.79. The van der Waals surface area contributed by atoms with Crippen molar-refractivity contribution in [3.63, 3.8) is 0 Å². The Hall–Kier alpha value is -1.98. The number of hydrogen-bond donors (Lipinski definition) is 0. The van der Waals surface area contributed by atoms with Crippen LogP contribution in [0, 0.1) is 6.92 Å². The van der Waals surface area contributed by atoms with Gasteiger partial charge in [0.05, 0.1) is 25.0 Å². The molecular weight excluding hydrogens is 290 g/mol. The Morgan fingerprint density at radius 2 is 1.83 bits per heavy atom. The van der Waals surface area contributed by atoms with Crippen molar-refractivity contribution in [1.29, 1.82) is 0 Å². The maximum Gasteiger partial charge on any atom is 0.226 e. The van der Waals surface area contributed by atoms with Gasteiger partial charge in [0.15, 0.2) is 0 Å². The molecule has 1 atom stereocenters. The second-order valence-corrected chi connectivity index (χ2v) is 5.79. The topological polar surface area (TPSA) is 47.5 Å². The lowest BCUT2D eigenvalue weighted by Crippen LogP contribution is -2.37. The summed E-state index contributed by atoms with van der Waals surface area (Å²) < 4.78 is 10.8. The molecule has 2 aromatic rings. The fraction of sp³-hybridized carbons (Fsp3) is 0.444. The molecule has 0 spiro atoms. The third-order valence-electron chi connectivity index (χ3n) is 4.17. The van der Waals surface area contributed by atoms with Crippen molar-refractivity contribution >= 4 is 5.95 Å². The molecule has 5 heteroatoms. The average molecular weight is 313 g/mol. The lowest BCUT2D eigenvalue weighted by molar-refractivity contribution is 0.119. The van der Waals surface area contributed by atoms with Crippen molar-refractivity contribution < 1.29 is 9.47 Å². The van der Waals surface area contributed by atoms with Gasteiger partial charge in [-0.3, -0.25) is 0 Å². The van der Waals surface area contributed by atoms with Crippen LogP contribution in [0.2, 0.25) is 0 Å². The minimum atomic E-state index is 0.0973. The standard InChI is InChI=1S/C18H23N3O2/c1-13-12-17(16-6-4-15(5-7-16)14(2)22-3)20-18(19-13)21-8-10-23-11-9-21/h4-7,12,14H,8-11H2,1-3H3/t14-/m1/s1. The van der Waals surface area contributed by atoms with Gasteiger partial charge in [0.1, 0.15) is 0 Å². The van der Waals surface area contributed by atoms with E-state index >= 15 is 0 Å². The van der Waals surface area contributed by atoms with E-state index < -0.39 is 0 Å². The Bertz CT molecular complexity index is 652. The van der Waals surface area contributed by atoms with Gasteiger partial charge in [-0.05, 0) is 25.5 Å². The summed E-state index contributed by atoms with van der Waals surface area (Å²) in [6, 6.07) is 10.4. The molecule has 1 aromatic heterocycles. The number of anilines is 1. The number of hydrogen-bond acceptors (Lipinski definition) is 5. The highest BCUT2D eigenvalue weighted by atomic mass is 16.5. The van der Waals surface area contributed by atoms with E-state index in [0.29, 0.717) is 0 Å². The average Bonchev–Trinajstić information content (AvgIpc) is 2.61. The first-order valence-corrected chi connectivity index (χ1v) is 7.99. The zero-order valence-electron chi connectivity index (χ0n) is 14.0. The minimum Gasteiger partial charge on any atom is -0.378 e. The predicted octanol–water partition coefficient (Wildman–Crippen LogP) is 3.00. The fourth-order valence-corrected chi connectivity index (χ4v) is 2.67. The van der Waals surface area contributed by atoms with Crippen LogP contribution in [0.5, 0.6) is 0 Å². The van der Waals surface area contributed by atoms with Crippen LogP contribution in [0.1, 0.15) is 24.3 Å². The van der Waals surface area contributed by atoms with Crippen LogP contribution in [0.25, 0.3) is 11.3 Å². The number of aromatic nitrogens is 2. The molecule has 23 heavy (non-hydrogen) atoms. The van der Waals surface area contributed by atoms with Crippen LogP contribution in [0.3, 0.4) is 0 Å². The van der Waals surface area contributed by atoms with E-state index in [1.165, 1.54) is 0 Å². The Morgan fingerprint density at radius 3 is 2.48 bits per heavy atom. The van der Waals surface area contributed by atoms with E-state index in [1.807, 2.05) is 19.9 Å². The number of ether oxygens (including phenoxy) is 2. The highest BCUT2D eigenvalue weighted by molar-refractivity contribution is 5.61. The van der Waals surface area contributed by atoms with Crippen molar-refractivity contribution in [2.24, 2.45) is 0 Å². The van der Waals surface area contributed by atoms with Crippen molar-refractivity contribution in [3.8, 4) is 11.3 Å². The van der Waals surface area contributed by atoms with Crippen LogP contribution in [-0.4, -0.2) is 43.4 Å². The molecule has 1 aromatic carbocycles. The maximum absolute atomic E-state index is 5.40.